The Kier molecular flexibility index (Phi) is 2.36. The summed E-state index contributed by atoms with van der Waals surface area (Å²) in [5, 5.41) is 10.3. The lowest BCUT2D eigenvalue weighted by molar-refractivity contribution is -0.00290. The zero-order valence-electron chi connectivity index (χ0n) is 7.95. The molecule has 72 valence electrons. The van der Waals surface area contributed by atoms with E-state index >= 15 is 0 Å². The van der Waals surface area contributed by atoms with Crippen LogP contribution in [0.5, 0.6) is 0 Å². The van der Waals surface area contributed by atoms with Crippen LogP contribution in [-0.2, 0) is 6.54 Å². The van der Waals surface area contributed by atoms with Gasteiger partial charge >= 0.3 is 0 Å². The lowest BCUT2D eigenvalue weighted by Crippen LogP contribution is -2.49. The van der Waals surface area contributed by atoms with Crippen LogP contribution in [0.1, 0.15) is 15.6 Å². The van der Waals surface area contributed by atoms with Crippen molar-refractivity contribution in [2.24, 2.45) is 0 Å². The number of aromatic nitrogens is 1. The van der Waals surface area contributed by atoms with E-state index in [4.69, 9.17) is 5.11 Å². The van der Waals surface area contributed by atoms with Gasteiger partial charge in [-0.2, -0.15) is 0 Å². The third-order valence-electron chi connectivity index (χ3n) is 2.37. The van der Waals surface area contributed by atoms with Gasteiger partial charge in [0.05, 0.1) is 18.3 Å². The van der Waals surface area contributed by atoms with Crippen molar-refractivity contribution in [1.29, 1.82) is 0 Å². The molecule has 0 saturated carbocycles. The molecule has 1 fully saturated rings. The second-order valence-corrected chi connectivity index (χ2v) is 4.88. The van der Waals surface area contributed by atoms with Gasteiger partial charge in [-0.1, -0.05) is 0 Å². The number of β-amino-alcohol motifs (C(OH)–C–C–N with tert-alkyl or cyclic N) is 1. The molecule has 0 atom stereocenters. The monoisotopic (exact) mass is 198 g/mol. The van der Waals surface area contributed by atoms with Gasteiger partial charge in [0.15, 0.2) is 0 Å². The van der Waals surface area contributed by atoms with Crippen LogP contribution < -0.4 is 0 Å². The normalized spacial score (nSPS) is 19.0. The van der Waals surface area contributed by atoms with E-state index in [9.17, 15) is 0 Å². The maximum absolute atomic E-state index is 9.10. The van der Waals surface area contributed by atoms with Crippen molar-refractivity contribution < 1.29 is 5.11 Å². The summed E-state index contributed by atoms with van der Waals surface area (Å²) in [5.74, 6) is 0. The largest absolute Gasteiger partial charge is 0.390 e. The SMILES string of the molecule is Cc1nc(CN2CC(O)C2)sc1C. The summed E-state index contributed by atoms with van der Waals surface area (Å²) in [6, 6.07) is 0. The van der Waals surface area contributed by atoms with Gasteiger partial charge < -0.3 is 5.11 Å². The van der Waals surface area contributed by atoms with Gasteiger partial charge in [-0.3, -0.25) is 4.90 Å². The summed E-state index contributed by atoms with van der Waals surface area (Å²) >= 11 is 1.76. The number of thiazole rings is 1. The molecule has 1 aliphatic rings. The summed E-state index contributed by atoms with van der Waals surface area (Å²) in [5.41, 5.74) is 1.14. The van der Waals surface area contributed by atoms with Crippen molar-refractivity contribution in [3.05, 3.63) is 15.6 Å². The first-order valence-electron chi connectivity index (χ1n) is 4.48. The fraction of sp³-hybridized carbons (Fsp3) is 0.667. The molecule has 3 nitrogen and oxygen atoms in total. The van der Waals surface area contributed by atoms with Crippen molar-refractivity contribution in [2.75, 3.05) is 13.1 Å². The van der Waals surface area contributed by atoms with E-state index in [1.165, 1.54) is 9.88 Å². The van der Waals surface area contributed by atoms with Crippen LogP contribution in [0.25, 0.3) is 0 Å². The third kappa shape index (κ3) is 1.90. The van der Waals surface area contributed by atoms with Gasteiger partial charge in [-0.15, -0.1) is 11.3 Å². The second-order valence-electron chi connectivity index (χ2n) is 3.60. The second kappa shape index (κ2) is 3.36. The molecule has 0 aliphatic carbocycles. The topological polar surface area (TPSA) is 36.4 Å². The zero-order valence-corrected chi connectivity index (χ0v) is 8.77. The molecule has 0 unspecified atom stereocenters. The molecular formula is C9H14N2OS. The molecule has 0 amide bonds. The number of hydrogen-bond acceptors (Lipinski definition) is 4. The third-order valence-corrected chi connectivity index (χ3v) is 3.43. The molecule has 0 radical (unpaired) electrons. The fourth-order valence-electron chi connectivity index (χ4n) is 1.47. The highest BCUT2D eigenvalue weighted by molar-refractivity contribution is 7.11. The van der Waals surface area contributed by atoms with Crippen molar-refractivity contribution in [1.82, 2.24) is 9.88 Å². The van der Waals surface area contributed by atoms with Crippen LogP contribution in [0.2, 0.25) is 0 Å². The number of aliphatic hydroxyl groups excluding tert-OH is 1. The number of hydrogen-bond donors (Lipinski definition) is 1. The number of likely N-dealkylation sites (tertiary alicyclic amines) is 1. The smallest absolute Gasteiger partial charge is 0.107 e. The van der Waals surface area contributed by atoms with E-state index < -0.39 is 0 Å². The van der Waals surface area contributed by atoms with Gasteiger partial charge in [0, 0.05) is 18.0 Å². The van der Waals surface area contributed by atoms with Crippen molar-refractivity contribution in [2.45, 2.75) is 26.5 Å². The molecule has 0 bridgehead atoms. The zero-order chi connectivity index (χ0) is 9.42. The minimum atomic E-state index is -0.109. The minimum absolute atomic E-state index is 0.109. The Hall–Kier alpha value is -0.450. The highest BCUT2D eigenvalue weighted by Crippen LogP contribution is 2.20. The van der Waals surface area contributed by atoms with Gasteiger partial charge in [0.1, 0.15) is 5.01 Å². The molecule has 1 aromatic heterocycles. The molecule has 0 spiro atoms. The molecule has 1 N–H and O–H groups in total. The quantitative estimate of drug-likeness (QED) is 0.768. The van der Waals surface area contributed by atoms with Crippen LogP contribution in [0.3, 0.4) is 0 Å². The molecule has 0 aromatic carbocycles. The van der Waals surface area contributed by atoms with Crippen LogP contribution in [0.4, 0.5) is 0 Å². The molecule has 13 heavy (non-hydrogen) atoms. The van der Waals surface area contributed by atoms with Crippen LogP contribution >= 0.6 is 11.3 Å². The molecule has 2 heterocycles. The summed E-state index contributed by atoms with van der Waals surface area (Å²) in [7, 11) is 0. The Labute approximate surface area is 82.0 Å². The molecule has 1 saturated heterocycles. The predicted molar refractivity (Wildman–Crippen MR) is 52.9 cm³/mol. The Morgan fingerprint density at radius 3 is 2.69 bits per heavy atom. The summed E-state index contributed by atoms with van der Waals surface area (Å²) in [4.78, 5) is 7.96. The van der Waals surface area contributed by atoms with E-state index in [0.717, 1.165) is 25.3 Å². The molecular weight excluding hydrogens is 184 g/mol. The lowest BCUT2D eigenvalue weighted by Gasteiger charge is -2.34. The maximum Gasteiger partial charge on any atom is 0.107 e. The van der Waals surface area contributed by atoms with Crippen LogP contribution in [-0.4, -0.2) is 34.2 Å². The van der Waals surface area contributed by atoms with E-state index in [-0.39, 0.29) is 6.10 Å². The number of nitrogens with zero attached hydrogens (tertiary/aromatic N) is 2. The van der Waals surface area contributed by atoms with E-state index in [0.29, 0.717) is 0 Å². The predicted octanol–water partition coefficient (Wildman–Crippen LogP) is 0.936. The first kappa shape index (κ1) is 9.12. The average molecular weight is 198 g/mol. The molecule has 1 aromatic rings. The standard InChI is InChI=1S/C9H14N2OS/c1-6-7(2)13-9(10-6)5-11-3-8(12)4-11/h8,12H,3-5H2,1-2H3. The van der Waals surface area contributed by atoms with Gasteiger partial charge in [0.2, 0.25) is 0 Å². The fourth-order valence-corrected chi connectivity index (χ4v) is 2.45. The number of aryl methyl sites for hydroxylation is 2. The van der Waals surface area contributed by atoms with Gasteiger partial charge in [-0.05, 0) is 13.8 Å². The van der Waals surface area contributed by atoms with Crippen LogP contribution in [0, 0.1) is 13.8 Å². The van der Waals surface area contributed by atoms with Crippen molar-refractivity contribution >= 4 is 11.3 Å². The molecule has 2 rings (SSSR count). The average Bonchev–Trinajstić information content (AvgIpc) is 2.28. The van der Waals surface area contributed by atoms with E-state index in [1.807, 2.05) is 6.92 Å². The lowest BCUT2D eigenvalue weighted by atomic mass is 10.2. The summed E-state index contributed by atoms with van der Waals surface area (Å²) in [6.07, 6.45) is -0.109. The van der Waals surface area contributed by atoms with Crippen molar-refractivity contribution in [3.63, 3.8) is 0 Å². The highest BCUT2D eigenvalue weighted by atomic mass is 32.1. The van der Waals surface area contributed by atoms with Crippen LogP contribution in [0.15, 0.2) is 0 Å². The number of aliphatic hydroxyl groups is 1. The molecule has 4 heteroatoms. The minimum Gasteiger partial charge on any atom is -0.390 e. The van der Waals surface area contributed by atoms with Gasteiger partial charge in [-0.25, -0.2) is 4.98 Å². The maximum atomic E-state index is 9.10. The van der Waals surface area contributed by atoms with E-state index in [1.54, 1.807) is 11.3 Å². The Balaban J connectivity index is 1.95. The molecule has 1 aliphatic heterocycles. The Morgan fingerprint density at radius 2 is 2.23 bits per heavy atom. The Bertz CT molecular complexity index is 285. The Morgan fingerprint density at radius 1 is 1.54 bits per heavy atom. The van der Waals surface area contributed by atoms with Crippen molar-refractivity contribution in [3.8, 4) is 0 Å². The summed E-state index contributed by atoms with van der Waals surface area (Å²) in [6.45, 7) is 6.65. The van der Waals surface area contributed by atoms with Gasteiger partial charge in [0.25, 0.3) is 0 Å². The first-order valence-corrected chi connectivity index (χ1v) is 5.30. The number of rotatable bonds is 2. The highest BCUT2D eigenvalue weighted by Gasteiger charge is 2.24. The van der Waals surface area contributed by atoms with E-state index in [2.05, 4.69) is 16.8 Å². The first-order chi connectivity index (χ1) is 6.15. The summed E-state index contributed by atoms with van der Waals surface area (Å²) < 4.78 is 0.